The van der Waals surface area contributed by atoms with E-state index in [4.69, 9.17) is 0 Å². The van der Waals surface area contributed by atoms with Gasteiger partial charge in [0.05, 0.1) is 21.8 Å². The fourth-order valence-electron chi connectivity index (χ4n) is 4.23. The molecule has 0 fully saturated rings. The molecule has 250 valence electrons. The Balaban J connectivity index is 0.00000300. The van der Waals surface area contributed by atoms with Crippen LogP contribution in [-0.4, -0.2) is 66.1 Å². The van der Waals surface area contributed by atoms with E-state index in [-0.39, 0.29) is 117 Å². The number of hydrogen-bond acceptors (Lipinski definition) is 18. The Bertz CT molecular complexity index is 2470. The Morgan fingerprint density at radius 1 is 0.706 bits per heavy atom. The van der Waals surface area contributed by atoms with Crippen molar-refractivity contribution in [2.24, 2.45) is 10.2 Å². The summed E-state index contributed by atoms with van der Waals surface area (Å²) in [4.78, 5) is 7.64. The number of phenols is 1. The first-order valence-electron chi connectivity index (χ1n) is 12.8. The predicted octanol–water partition coefficient (Wildman–Crippen LogP) is -5.49. The van der Waals surface area contributed by atoms with Crippen molar-refractivity contribution in [2.45, 2.75) is 14.7 Å². The smallest absolute Gasteiger partial charge is 0.744 e. The van der Waals surface area contributed by atoms with Crippen LogP contribution in [0, 0.1) is 6.08 Å². The van der Waals surface area contributed by atoms with Crippen LogP contribution in [0.2, 0.25) is 0 Å². The predicted molar refractivity (Wildman–Crippen MR) is 159 cm³/mol. The maximum Gasteiger partial charge on any atom is 1.00 e. The number of benzene rings is 4. The van der Waals surface area contributed by atoms with Crippen molar-refractivity contribution in [2.75, 3.05) is 17.7 Å². The molecule has 1 heterocycles. The second-order valence-electron chi connectivity index (χ2n) is 9.41. The van der Waals surface area contributed by atoms with E-state index >= 15 is 0 Å². The number of halogens is 1. The van der Waals surface area contributed by atoms with Crippen LogP contribution in [0.4, 0.5) is 39.0 Å². The van der Waals surface area contributed by atoms with E-state index in [1.807, 2.05) is 0 Å². The van der Waals surface area contributed by atoms with Gasteiger partial charge in [-0.05, 0) is 47.9 Å². The van der Waals surface area contributed by atoms with Crippen molar-refractivity contribution < 1.29 is 142 Å². The van der Waals surface area contributed by atoms with E-state index in [0.717, 1.165) is 13.2 Å². The summed E-state index contributed by atoms with van der Waals surface area (Å²) in [6.07, 6.45) is -1.15. The minimum Gasteiger partial charge on any atom is -0.744 e. The van der Waals surface area contributed by atoms with Crippen molar-refractivity contribution in [3.63, 3.8) is 0 Å². The van der Waals surface area contributed by atoms with E-state index in [1.54, 1.807) is 30.3 Å². The van der Waals surface area contributed by atoms with Crippen molar-refractivity contribution in [3.8, 4) is 11.5 Å². The number of aromatic hydroxyl groups is 1. The van der Waals surface area contributed by atoms with Crippen molar-refractivity contribution in [3.05, 3.63) is 72.8 Å². The summed E-state index contributed by atoms with van der Waals surface area (Å²) >= 11 is 0. The van der Waals surface area contributed by atoms with E-state index in [1.165, 1.54) is 18.2 Å². The summed E-state index contributed by atoms with van der Waals surface area (Å²) in [6.45, 7) is 0. The number of aromatic nitrogens is 3. The molecule has 0 saturated heterocycles. The van der Waals surface area contributed by atoms with Gasteiger partial charge in [-0.1, -0.05) is 18.2 Å². The van der Waals surface area contributed by atoms with E-state index in [9.17, 15) is 48.4 Å². The molecule has 5 rings (SSSR count). The molecule has 18 nitrogen and oxygen atoms in total. The summed E-state index contributed by atoms with van der Waals surface area (Å²) < 4.78 is 126. The number of nitrogens with zero attached hydrogens (tertiary/aromatic N) is 5. The largest absolute Gasteiger partial charge is 1.00 e. The van der Waals surface area contributed by atoms with Gasteiger partial charge in [-0.15, -0.1) is 10.2 Å². The number of rotatable bonds is 10. The first-order chi connectivity index (χ1) is 22.4. The molecule has 0 bridgehead atoms. The molecule has 0 aliphatic heterocycles. The number of para-hydroxylation sites is 1. The Kier molecular flexibility index (Phi) is 15.5. The molecule has 0 unspecified atom stereocenters. The molecule has 25 heteroatoms. The van der Waals surface area contributed by atoms with Gasteiger partial charge in [0, 0.05) is 22.8 Å². The van der Waals surface area contributed by atoms with Crippen LogP contribution in [-0.2, 0) is 30.4 Å². The average Bonchev–Trinajstić information content (AvgIpc) is 2.99. The number of nitrogens with one attached hydrogen (secondary N) is 2. The standard InChI is InChI=1S/C26H20FN7O11S3.3Na/c1-45-18-12-19(46(36,37)38)17(11-20(18)47(39,40)41)33-34-22-21(48(42,43)44)10-13-9-15(7-8-16(13)23(22)35)29-26-31-24(27)30-25(32-26)28-14-5-3-2-4-6-14;;;/h2-12,35H,1H3,(H,36,37,38)(H,39,40,41)(H,42,43,44)(H2,28,29,30,31,32);;;/q;3*+1/p-3. The number of phenolic OH excluding ortho intramolecular Hbond substituents is 1. The van der Waals surface area contributed by atoms with Gasteiger partial charge in [0.2, 0.25) is 11.9 Å². The maximum absolute atomic E-state index is 14.2. The fourth-order valence-corrected chi connectivity index (χ4v) is 6.12. The second kappa shape index (κ2) is 17.6. The molecule has 3 N–H and O–H groups in total. The van der Waals surface area contributed by atoms with Crippen LogP contribution in [0.25, 0.3) is 10.8 Å². The summed E-state index contributed by atoms with van der Waals surface area (Å²) in [6, 6.07) is 13.8. The zero-order chi connectivity index (χ0) is 35.0. The first kappa shape index (κ1) is 44.8. The molecule has 51 heavy (non-hydrogen) atoms. The molecule has 0 aliphatic carbocycles. The van der Waals surface area contributed by atoms with Gasteiger partial charge in [0.15, 0.2) is 5.75 Å². The molecular formula is C26H17FN7Na3O11S3. The quantitative estimate of drug-likeness (QED) is 0.0676. The van der Waals surface area contributed by atoms with Crippen molar-refractivity contribution >= 4 is 75.8 Å². The minimum atomic E-state index is -5.47. The Morgan fingerprint density at radius 3 is 1.82 bits per heavy atom. The number of hydrogen-bond donors (Lipinski definition) is 3. The Labute approximate surface area is 355 Å². The average molecular weight is 788 g/mol. The van der Waals surface area contributed by atoms with Crippen LogP contribution in [0.1, 0.15) is 0 Å². The number of fused-ring (bicyclic) bond motifs is 1. The Morgan fingerprint density at radius 2 is 1.27 bits per heavy atom. The molecule has 0 radical (unpaired) electrons. The molecule has 0 atom stereocenters. The molecule has 4 aromatic carbocycles. The Hall–Kier alpha value is -2.39. The summed E-state index contributed by atoms with van der Waals surface area (Å²) in [5, 5.41) is 23.1. The van der Waals surface area contributed by atoms with Crippen LogP contribution in [0.3, 0.4) is 0 Å². The van der Waals surface area contributed by atoms with Crippen LogP contribution >= 0.6 is 0 Å². The van der Waals surface area contributed by atoms with E-state index < -0.39 is 74.0 Å². The molecule has 1 aromatic heterocycles. The van der Waals surface area contributed by atoms with E-state index in [0.29, 0.717) is 17.8 Å². The third-order valence-electron chi connectivity index (χ3n) is 6.26. The van der Waals surface area contributed by atoms with Gasteiger partial charge >= 0.3 is 94.8 Å². The van der Waals surface area contributed by atoms with Gasteiger partial charge in [-0.3, -0.25) is 0 Å². The molecule has 5 aromatic rings. The monoisotopic (exact) mass is 787 g/mol. The van der Waals surface area contributed by atoms with Gasteiger partial charge in [0.25, 0.3) is 0 Å². The van der Waals surface area contributed by atoms with Gasteiger partial charge in [0.1, 0.15) is 47.5 Å². The SMILES string of the molecule is COc1cc(S(=O)(=O)[O-])c(N=Nc2c(S(=O)(=O)[O-])cc3cc(Nc4nc(F)nc(Nc5ccccc5)n4)ccc3c2O)cc1S(=O)(=O)[O-].[Na+].[Na+].[Na+]. The first-order valence-corrected chi connectivity index (χ1v) is 17.0. The van der Waals surface area contributed by atoms with Gasteiger partial charge in [-0.25, -0.2) is 25.3 Å². The minimum absolute atomic E-state index is 0. The zero-order valence-corrected chi connectivity index (χ0v) is 35.2. The van der Waals surface area contributed by atoms with Crippen molar-refractivity contribution in [1.82, 2.24) is 15.0 Å². The number of ether oxygens (including phenoxy) is 1. The van der Waals surface area contributed by atoms with Gasteiger partial charge in [-0.2, -0.15) is 19.3 Å². The third kappa shape index (κ3) is 10.8. The normalized spacial score (nSPS) is 11.6. The topological polar surface area (TPSA) is 289 Å². The van der Waals surface area contributed by atoms with E-state index in [2.05, 4.69) is 40.6 Å². The summed E-state index contributed by atoms with van der Waals surface area (Å²) in [5.74, 6) is -2.22. The number of methoxy groups -OCH3 is 1. The molecule has 0 amide bonds. The van der Waals surface area contributed by atoms with Crippen LogP contribution in [0.15, 0.2) is 91.6 Å². The molecule has 0 spiro atoms. The number of azo groups is 1. The fraction of sp³-hybridized carbons (Fsp3) is 0.0385. The van der Waals surface area contributed by atoms with Gasteiger partial charge < -0.3 is 34.1 Å². The van der Waals surface area contributed by atoms with Crippen molar-refractivity contribution in [1.29, 1.82) is 0 Å². The molecule has 0 saturated carbocycles. The third-order valence-corrected chi connectivity index (χ3v) is 8.83. The molecular weight excluding hydrogens is 770 g/mol. The maximum atomic E-state index is 14.2. The second-order valence-corrected chi connectivity index (χ2v) is 13.5. The summed E-state index contributed by atoms with van der Waals surface area (Å²) in [5.41, 5.74) is -1.41. The van der Waals surface area contributed by atoms with Crippen LogP contribution in [0.5, 0.6) is 11.5 Å². The zero-order valence-electron chi connectivity index (χ0n) is 26.7. The summed E-state index contributed by atoms with van der Waals surface area (Å²) in [7, 11) is -15.4. The molecule has 0 aliphatic rings. The number of anilines is 4. The van der Waals surface area contributed by atoms with Crippen LogP contribution < -0.4 is 104 Å².